The quantitative estimate of drug-likeness (QED) is 0.152. The Bertz CT molecular complexity index is 1770. The molecule has 0 heterocycles. The van der Waals surface area contributed by atoms with E-state index in [0.717, 1.165) is 21.0 Å². The number of carbonyl (C=O) groups is 2. The maximum atomic E-state index is 14.6. The van der Waals surface area contributed by atoms with Gasteiger partial charge in [-0.25, -0.2) is 8.42 Å². The molecular formula is C36H39Cl2N3O5S. The normalized spacial score (nSPS) is 12.6. The Kier molecular flexibility index (Phi) is 12.3. The molecule has 47 heavy (non-hydrogen) atoms. The second-order valence-corrected chi connectivity index (χ2v) is 14.0. The minimum atomic E-state index is -4.27. The Hall–Kier alpha value is -4.05. The number of sulfonamides is 1. The van der Waals surface area contributed by atoms with Crippen molar-refractivity contribution in [2.75, 3.05) is 18.0 Å². The molecule has 2 amide bonds. The lowest BCUT2D eigenvalue weighted by atomic mass is 10.0. The summed E-state index contributed by atoms with van der Waals surface area (Å²) in [7, 11) is -2.82. The lowest BCUT2D eigenvalue weighted by molar-refractivity contribution is -0.140. The van der Waals surface area contributed by atoms with Crippen molar-refractivity contribution in [1.82, 2.24) is 10.2 Å². The van der Waals surface area contributed by atoms with E-state index in [2.05, 4.69) is 5.32 Å². The van der Waals surface area contributed by atoms with Gasteiger partial charge in [-0.05, 0) is 73.9 Å². The SMILES string of the molecule is CCC(C)NC(=O)C(Cc1ccccc1)N(Cc1ccc(Cl)cc1)C(=O)CN(c1ccc(OC)c(Cl)c1)S(=O)(=O)c1ccc(C)cc1. The molecule has 4 rings (SSSR count). The minimum absolute atomic E-state index is 0.00226. The Balaban J connectivity index is 1.83. The largest absolute Gasteiger partial charge is 0.495 e. The molecule has 2 atom stereocenters. The number of methoxy groups -OCH3 is 1. The first-order chi connectivity index (χ1) is 22.4. The Morgan fingerprint density at radius 2 is 1.55 bits per heavy atom. The average molecular weight is 697 g/mol. The van der Waals surface area contributed by atoms with Gasteiger partial charge in [-0.1, -0.05) is 90.3 Å². The highest BCUT2D eigenvalue weighted by Crippen LogP contribution is 2.32. The molecule has 0 bridgehead atoms. The zero-order chi connectivity index (χ0) is 34.1. The first-order valence-electron chi connectivity index (χ1n) is 15.2. The fraction of sp³-hybridized carbons (Fsp3) is 0.278. The van der Waals surface area contributed by atoms with Crippen LogP contribution in [0.4, 0.5) is 5.69 Å². The standard InChI is InChI=1S/C36H39Cl2N3O5S/c1-5-26(3)39-36(43)33(21-27-9-7-6-8-10-27)40(23-28-13-15-29(37)16-14-28)35(42)24-41(30-17-20-34(46-4)32(38)22-30)47(44,45)31-18-11-25(2)12-19-31/h6-20,22,26,33H,5,21,23-24H2,1-4H3,(H,39,43). The van der Waals surface area contributed by atoms with Crippen LogP contribution in [0.3, 0.4) is 0 Å². The van der Waals surface area contributed by atoms with E-state index in [1.54, 1.807) is 42.5 Å². The molecular weight excluding hydrogens is 657 g/mol. The molecule has 11 heteroatoms. The average Bonchev–Trinajstić information content (AvgIpc) is 3.06. The zero-order valence-electron chi connectivity index (χ0n) is 26.8. The molecule has 8 nitrogen and oxygen atoms in total. The molecule has 0 saturated carbocycles. The Labute approximate surface area is 287 Å². The predicted molar refractivity (Wildman–Crippen MR) is 188 cm³/mol. The number of carbonyl (C=O) groups excluding carboxylic acids is 2. The number of aryl methyl sites for hydroxylation is 1. The first-order valence-corrected chi connectivity index (χ1v) is 17.4. The van der Waals surface area contributed by atoms with Gasteiger partial charge in [-0.15, -0.1) is 0 Å². The second-order valence-electron chi connectivity index (χ2n) is 11.3. The van der Waals surface area contributed by atoms with E-state index in [4.69, 9.17) is 27.9 Å². The van der Waals surface area contributed by atoms with E-state index in [9.17, 15) is 18.0 Å². The maximum absolute atomic E-state index is 14.6. The van der Waals surface area contributed by atoms with Gasteiger partial charge in [-0.3, -0.25) is 13.9 Å². The molecule has 0 aliphatic carbocycles. The number of nitrogens with one attached hydrogen (secondary N) is 1. The maximum Gasteiger partial charge on any atom is 0.264 e. The highest BCUT2D eigenvalue weighted by molar-refractivity contribution is 7.92. The van der Waals surface area contributed by atoms with Crippen LogP contribution < -0.4 is 14.4 Å². The van der Waals surface area contributed by atoms with Crippen molar-refractivity contribution >= 4 is 50.7 Å². The molecule has 0 aromatic heterocycles. The molecule has 4 aromatic rings. The third-order valence-corrected chi connectivity index (χ3v) is 10.2. The summed E-state index contributed by atoms with van der Waals surface area (Å²) in [5.41, 5.74) is 2.61. The summed E-state index contributed by atoms with van der Waals surface area (Å²) in [5, 5.41) is 3.73. The first kappa shape index (κ1) is 35.8. The van der Waals surface area contributed by atoms with E-state index in [0.29, 0.717) is 17.2 Å². The number of hydrogen-bond acceptors (Lipinski definition) is 5. The van der Waals surface area contributed by atoms with Crippen molar-refractivity contribution in [2.45, 2.75) is 57.1 Å². The summed E-state index contributed by atoms with van der Waals surface area (Å²) in [6, 6.07) is 26.2. The van der Waals surface area contributed by atoms with E-state index in [-0.39, 0.29) is 40.5 Å². The highest BCUT2D eigenvalue weighted by Gasteiger charge is 2.35. The predicted octanol–water partition coefficient (Wildman–Crippen LogP) is 7.06. The molecule has 0 aliphatic rings. The van der Waals surface area contributed by atoms with Crippen LogP contribution in [0.15, 0.2) is 102 Å². The van der Waals surface area contributed by atoms with Gasteiger partial charge in [0.25, 0.3) is 10.0 Å². The number of ether oxygens (including phenoxy) is 1. The van der Waals surface area contributed by atoms with Crippen molar-refractivity contribution in [3.63, 3.8) is 0 Å². The summed E-state index contributed by atoms with van der Waals surface area (Å²) in [5.74, 6) is -0.572. The van der Waals surface area contributed by atoms with Gasteiger partial charge in [0.1, 0.15) is 18.3 Å². The van der Waals surface area contributed by atoms with Crippen LogP contribution in [-0.2, 0) is 32.6 Å². The molecule has 248 valence electrons. The number of benzene rings is 4. The number of anilines is 1. The van der Waals surface area contributed by atoms with Crippen molar-refractivity contribution in [3.8, 4) is 5.75 Å². The molecule has 0 saturated heterocycles. The van der Waals surface area contributed by atoms with Gasteiger partial charge < -0.3 is 15.0 Å². The van der Waals surface area contributed by atoms with Crippen LogP contribution in [0.25, 0.3) is 0 Å². The monoisotopic (exact) mass is 695 g/mol. The summed E-state index contributed by atoms with van der Waals surface area (Å²) in [6.07, 6.45) is 0.900. The van der Waals surface area contributed by atoms with E-state index >= 15 is 0 Å². The van der Waals surface area contributed by atoms with E-state index in [1.165, 1.54) is 36.3 Å². The van der Waals surface area contributed by atoms with Gasteiger partial charge >= 0.3 is 0 Å². The minimum Gasteiger partial charge on any atom is -0.495 e. The van der Waals surface area contributed by atoms with E-state index in [1.807, 2.05) is 51.1 Å². The van der Waals surface area contributed by atoms with Gasteiger partial charge in [0, 0.05) is 24.0 Å². The van der Waals surface area contributed by atoms with Crippen molar-refractivity contribution < 1.29 is 22.7 Å². The lowest BCUT2D eigenvalue weighted by Gasteiger charge is -2.34. The zero-order valence-corrected chi connectivity index (χ0v) is 29.1. The van der Waals surface area contributed by atoms with Gasteiger partial charge in [-0.2, -0.15) is 0 Å². The topological polar surface area (TPSA) is 96.0 Å². The molecule has 4 aromatic carbocycles. The third-order valence-electron chi connectivity index (χ3n) is 7.85. The second kappa shape index (κ2) is 16.2. The summed E-state index contributed by atoms with van der Waals surface area (Å²) >= 11 is 12.6. The van der Waals surface area contributed by atoms with E-state index < -0.39 is 28.5 Å². The summed E-state index contributed by atoms with van der Waals surface area (Å²) in [6.45, 7) is 5.14. The fourth-order valence-corrected chi connectivity index (χ4v) is 6.74. The molecule has 0 aliphatic heterocycles. The summed E-state index contributed by atoms with van der Waals surface area (Å²) in [4.78, 5) is 30.0. The molecule has 0 spiro atoms. The van der Waals surface area contributed by atoms with Crippen LogP contribution in [0.2, 0.25) is 10.0 Å². The number of nitrogens with zero attached hydrogens (tertiary/aromatic N) is 2. The third kappa shape index (κ3) is 9.28. The van der Waals surface area contributed by atoms with Crippen LogP contribution in [0, 0.1) is 6.92 Å². The number of hydrogen-bond donors (Lipinski definition) is 1. The van der Waals surface area contributed by atoms with Gasteiger partial charge in [0.2, 0.25) is 11.8 Å². The van der Waals surface area contributed by atoms with Crippen LogP contribution in [0.5, 0.6) is 5.75 Å². The number of amides is 2. The van der Waals surface area contributed by atoms with Crippen LogP contribution in [-0.4, -0.2) is 50.9 Å². The number of halogens is 2. The van der Waals surface area contributed by atoms with Crippen LogP contribution in [0.1, 0.15) is 37.0 Å². The van der Waals surface area contributed by atoms with Gasteiger partial charge in [0.05, 0.1) is 22.7 Å². The molecule has 2 unspecified atom stereocenters. The van der Waals surface area contributed by atoms with Crippen LogP contribution >= 0.6 is 23.2 Å². The van der Waals surface area contributed by atoms with Crippen molar-refractivity contribution in [1.29, 1.82) is 0 Å². The molecule has 1 N–H and O–H groups in total. The van der Waals surface area contributed by atoms with Crippen molar-refractivity contribution in [2.24, 2.45) is 0 Å². The summed E-state index contributed by atoms with van der Waals surface area (Å²) < 4.78 is 34.8. The molecule has 0 fully saturated rings. The smallest absolute Gasteiger partial charge is 0.264 e. The fourth-order valence-electron chi connectivity index (χ4n) is 4.96. The van der Waals surface area contributed by atoms with Crippen molar-refractivity contribution in [3.05, 3.63) is 124 Å². The lowest BCUT2D eigenvalue weighted by Crippen LogP contribution is -2.54. The Morgan fingerprint density at radius 1 is 0.894 bits per heavy atom. The highest BCUT2D eigenvalue weighted by atomic mass is 35.5. The number of rotatable bonds is 14. The Morgan fingerprint density at radius 3 is 2.15 bits per heavy atom. The van der Waals surface area contributed by atoms with Gasteiger partial charge in [0.15, 0.2) is 0 Å². The molecule has 0 radical (unpaired) electrons.